The van der Waals surface area contributed by atoms with Gasteiger partial charge in [0.15, 0.2) is 5.15 Å². The van der Waals surface area contributed by atoms with E-state index in [1.807, 2.05) is 13.0 Å². The van der Waals surface area contributed by atoms with Crippen molar-refractivity contribution in [1.82, 2.24) is 4.98 Å². The molecule has 0 fully saturated rings. The Balaban J connectivity index is 2.22. The Morgan fingerprint density at radius 2 is 1.89 bits per heavy atom. The van der Waals surface area contributed by atoms with Crippen LogP contribution in [0.1, 0.15) is 12.5 Å². The Morgan fingerprint density at radius 1 is 1.21 bits per heavy atom. The minimum Gasteiger partial charge on any atom is -0.494 e. The van der Waals surface area contributed by atoms with E-state index in [4.69, 9.17) is 26.3 Å². The molecule has 0 N–H and O–H groups in total. The highest BCUT2D eigenvalue weighted by Crippen LogP contribution is 2.29. The molecule has 1 aromatic heterocycles. The second kappa shape index (κ2) is 6.07. The van der Waals surface area contributed by atoms with Crippen molar-refractivity contribution in [2.75, 3.05) is 6.61 Å². The third kappa shape index (κ3) is 3.15. The first-order valence-electron chi connectivity index (χ1n) is 5.70. The van der Waals surface area contributed by atoms with Crippen molar-refractivity contribution in [2.45, 2.75) is 6.92 Å². The van der Waals surface area contributed by atoms with E-state index in [-0.39, 0.29) is 10.7 Å². The molecule has 0 radical (unpaired) electrons. The number of hydrogen-bond donors (Lipinski definition) is 0. The number of ether oxygens (including phenoxy) is 2. The summed E-state index contributed by atoms with van der Waals surface area (Å²) in [5.74, 6) is 1.75. The SMILES string of the molecule is CCOc1ccc(Oc2ccnc(Cl)c2C#N)cc1. The number of aromatic nitrogens is 1. The summed E-state index contributed by atoms with van der Waals surface area (Å²) in [4.78, 5) is 3.83. The fraction of sp³-hybridized carbons (Fsp3) is 0.143. The van der Waals surface area contributed by atoms with Crippen LogP contribution in [0.15, 0.2) is 36.5 Å². The maximum atomic E-state index is 9.02. The molecule has 5 heteroatoms. The van der Waals surface area contributed by atoms with Crippen LogP contribution in [0.2, 0.25) is 5.15 Å². The Hall–Kier alpha value is -2.25. The Bertz CT molecular complexity index is 606. The molecule has 0 atom stereocenters. The van der Waals surface area contributed by atoms with Crippen LogP contribution in [-0.4, -0.2) is 11.6 Å². The number of rotatable bonds is 4. The van der Waals surface area contributed by atoms with Gasteiger partial charge in [-0.2, -0.15) is 5.26 Å². The molecule has 0 unspecified atom stereocenters. The molecule has 0 amide bonds. The maximum absolute atomic E-state index is 9.02. The summed E-state index contributed by atoms with van der Waals surface area (Å²) in [5, 5.41) is 9.15. The smallest absolute Gasteiger partial charge is 0.150 e. The minimum atomic E-state index is 0.130. The van der Waals surface area contributed by atoms with Gasteiger partial charge in [-0.05, 0) is 31.2 Å². The summed E-state index contributed by atoms with van der Waals surface area (Å²) >= 11 is 5.83. The van der Waals surface area contributed by atoms with Crippen LogP contribution in [-0.2, 0) is 0 Å². The van der Waals surface area contributed by atoms with E-state index in [1.54, 1.807) is 30.3 Å². The van der Waals surface area contributed by atoms with Crippen molar-refractivity contribution in [1.29, 1.82) is 5.26 Å². The molecule has 4 nitrogen and oxygen atoms in total. The fourth-order valence-electron chi connectivity index (χ4n) is 1.50. The molecule has 2 rings (SSSR count). The number of pyridine rings is 1. The average Bonchev–Trinajstić information content (AvgIpc) is 2.42. The van der Waals surface area contributed by atoms with Crippen LogP contribution in [0.3, 0.4) is 0 Å². The lowest BCUT2D eigenvalue weighted by molar-refractivity contribution is 0.339. The van der Waals surface area contributed by atoms with Crippen LogP contribution < -0.4 is 9.47 Å². The second-order valence-electron chi connectivity index (χ2n) is 3.59. The lowest BCUT2D eigenvalue weighted by atomic mass is 10.2. The van der Waals surface area contributed by atoms with Gasteiger partial charge in [0.2, 0.25) is 0 Å². The van der Waals surface area contributed by atoms with Crippen LogP contribution in [0.4, 0.5) is 0 Å². The van der Waals surface area contributed by atoms with Crippen LogP contribution in [0, 0.1) is 11.3 Å². The van der Waals surface area contributed by atoms with Gasteiger partial charge in [-0.1, -0.05) is 11.6 Å². The molecular formula is C14H11ClN2O2. The van der Waals surface area contributed by atoms with E-state index in [2.05, 4.69) is 4.98 Å². The fourth-order valence-corrected chi connectivity index (χ4v) is 1.70. The van der Waals surface area contributed by atoms with Gasteiger partial charge in [0.05, 0.1) is 6.61 Å². The van der Waals surface area contributed by atoms with Crippen LogP contribution in [0.25, 0.3) is 0 Å². The highest BCUT2D eigenvalue weighted by Gasteiger charge is 2.09. The Kier molecular flexibility index (Phi) is 4.22. The monoisotopic (exact) mass is 274 g/mol. The number of nitrogens with zero attached hydrogens (tertiary/aromatic N) is 2. The number of benzene rings is 1. The first kappa shape index (κ1) is 13.2. The lowest BCUT2D eigenvalue weighted by Crippen LogP contribution is -1.93. The summed E-state index contributed by atoms with van der Waals surface area (Å²) in [6, 6.07) is 10.7. The third-order valence-corrected chi connectivity index (χ3v) is 2.63. The normalized spacial score (nSPS) is 9.74. The largest absolute Gasteiger partial charge is 0.494 e. The van der Waals surface area contributed by atoms with E-state index in [9.17, 15) is 0 Å². The standard InChI is InChI=1S/C14H11ClN2O2/c1-2-18-10-3-5-11(6-4-10)19-13-7-8-17-14(15)12(13)9-16/h3-8H,2H2,1H3. The van der Waals surface area contributed by atoms with E-state index in [0.717, 1.165) is 5.75 Å². The van der Waals surface area contributed by atoms with Gasteiger partial charge in [0.25, 0.3) is 0 Å². The highest BCUT2D eigenvalue weighted by molar-refractivity contribution is 6.30. The van der Waals surface area contributed by atoms with Crippen LogP contribution in [0.5, 0.6) is 17.2 Å². The van der Waals surface area contributed by atoms with E-state index >= 15 is 0 Å². The van der Waals surface area contributed by atoms with Gasteiger partial charge in [0, 0.05) is 12.3 Å². The van der Waals surface area contributed by atoms with Gasteiger partial charge in [-0.25, -0.2) is 4.98 Å². The highest BCUT2D eigenvalue weighted by atomic mass is 35.5. The molecule has 0 saturated carbocycles. The van der Waals surface area contributed by atoms with Gasteiger partial charge in [-0.15, -0.1) is 0 Å². The zero-order valence-corrected chi connectivity index (χ0v) is 11.0. The summed E-state index contributed by atoms with van der Waals surface area (Å²) in [6.07, 6.45) is 1.49. The third-order valence-electron chi connectivity index (χ3n) is 2.34. The number of hydrogen-bond acceptors (Lipinski definition) is 4. The molecule has 0 saturated heterocycles. The summed E-state index contributed by atoms with van der Waals surface area (Å²) in [5.41, 5.74) is 0.220. The van der Waals surface area contributed by atoms with Gasteiger partial charge < -0.3 is 9.47 Å². The van der Waals surface area contributed by atoms with Crippen molar-refractivity contribution in [2.24, 2.45) is 0 Å². The van der Waals surface area contributed by atoms with Gasteiger partial charge in [-0.3, -0.25) is 0 Å². The van der Waals surface area contributed by atoms with E-state index < -0.39 is 0 Å². The Labute approximate surface area is 116 Å². The van der Waals surface area contributed by atoms with Crippen molar-refractivity contribution in [3.63, 3.8) is 0 Å². The minimum absolute atomic E-state index is 0.130. The number of nitriles is 1. The predicted octanol–water partition coefficient (Wildman–Crippen LogP) is 3.80. The molecule has 1 heterocycles. The molecule has 0 aliphatic heterocycles. The number of halogens is 1. The molecule has 1 aromatic carbocycles. The zero-order valence-electron chi connectivity index (χ0n) is 10.3. The molecule has 19 heavy (non-hydrogen) atoms. The molecule has 0 spiro atoms. The molecule has 96 valence electrons. The quantitative estimate of drug-likeness (QED) is 0.796. The van der Waals surface area contributed by atoms with Crippen molar-refractivity contribution >= 4 is 11.6 Å². The van der Waals surface area contributed by atoms with Gasteiger partial charge in [0.1, 0.15) is 28.9 Å². The topological polar surface area (TPSA) is 55.1 Å². The maximum Gasteiger partial charge on any atom is 0.150 e. The Morgan fingerprint density at radius 3 is 2.53 bits per heavy atom. The molecular weight excluding hydrogens is 264 g/mol. The molecule has 0 bridgehead atoms. The second-order valence-corrected chi connectivity index (χ2v) is 3.95. The predicted molar refractivity (Wildman–Crippen MR) is 71.6 cm³/mol. The summed E-state index contributed by atoms with van der Waals surface area (Å²) in [7, 11) is 0. The molecule has 0 aliphatic rings. The van der Waals surface area contributed by atoms with Crippen molar-refractivity contribution < 1.29 is 9.47 Å². The van der Waals surface area contributed by atoms with E-state index in [1.165, 1.54) is 6.20 Å². The average molecular weight is 275 g/mol. The zero-order chi connectivity index (χ0) is 13.7. The first-order valence-corrected chi connectivity index (χ1v) is 6.07. The van der Waals surface area contributed by atoms with Crippen LogP contribution >= 0.6 is 11.6 Å². The summed E-state index contributed by atoms with van der Waals surface area (Å²) in [6.45, 7) is 2.53. The van der Waals surface area contributed by atoms with E-state index in [0.29, 0.717) is 18.1 Å². The lowest BCUT2D eigenvalue weighted by Gasteiger charge is -2.08. The first-order chi connectivity index (χ1) is 9.24. The van der Waals surface area contributed by atoms with Crippen molar-refractivity contribution in [3.8, 4) is 23.3 Å². The van der Waals surface area contributed by atoms with Gasteiger partial charge >= 0.3 is 0 Å². The molecule has 2 aromatic rings. The summed E-state index contributed by atoms with van der Waals surface area (Å²) < 4.78 is 10.9. The van der Waals surface area contributed by atoms with Crippen molar-refractivity contribution in [3.05, 3.63) is 47.2 Å². The molecule has 0 aliphatic carbocycles.